The molecule has 3 rings (SSSR count). The van der Waals surface area contributed by atoms with Gasteiger partial charge >= 0.3 is 0 Å². The number of hydrogen-bond donors (Lipinski definition) is 0. The maximum Gasteiger partial charge on any atom is 0.0650 e. The van der Waals surface area contributed by atoms with Crippen molar-refractivity contribution in [2.75, 3.05) is 11.9 Å². The van der Waals surface area contributed by atoms with Crippen LogP contribution in [0.2, 0.25) is 0 Å². The molecule has 0 radical (unpaired) electrons. The lowest BCUT2D eigenvalue weighted by Crippen LogP contribution is -2.36. The fourth-order valence-corrected chi connectivity index (χ4v) is 3.47. The molecule has 1 aliphatic heterocycles. The van der Waals surface area contributed by atoms with Gasteiger partial charge in [-0.05, 0) is 30.7 Å². The average Bonchev–Trinajstić information content (AvgIpc) is 2.67. The van der Waals surface area contributed by atoms with E-state index in [9.17, 15) is 0 Å². The summed E-state index contributed by atoms with van der Waals surface area (Å²) in [5.41, 5.74) is 4.95. The van der Waals surface area contributed by atoms with Gasteiger partial charge in [-0.25, -0.2) is 0 Å². The van der Waals surface area contributed by atoms with Gasteiger partial charge in [0.25, 0.3) is 0 Å². The molecule has 0 aromatic heterocycles. The van der Waals surface area contributed by atoms with Gasteiger partial charge in [-0.15, -0.1) is 0 Å². The molecule has 1 heterocycles. The third-order valence-corrected chi connectivity index (χ3v) is 5.66. The molecule has 0 fully saturated rings. The highest BCUT2D eigenvalue weighted by molar-refractivity contribution is 9.10. The molecule has 0 spiro atoms. The molecule has 0 aliphatic carbocycles. The Morgan fingerprint density at radius 1 is 1.18 bits per heavy atom. The van der Waals surface area contributed by atoms with E-state index in [1.54, 1.807) is 0 Å². The van der Waals surface area contributed by atoms with Crippen LogP contribution in [-0.4, -0.2) is 19.3 Å². The van der Waals surface area contributed by atoms with Gasteiger partial charge in [0.2, 0.25) is 0 Å². The van der Waals surface area contributed by atoms with Crippen molar-refractivity contribution in [1.82, 2.24) is 0 Å². The number of nitrogens with zero attached hydrogens (tertiary/aromatic N) is 2. The normalized spacial score (nSPS) is 19.7. The summed E-state index contributed by atoms with van der Waals surface area (Å²) < 4.78 is 1.06. The topological polar surface area (TPSA) is 15.6 Å². The predicted octanol–water partition coefficient (Wildman–Crippen LogP) is 5.32. The van der Waals surface area contributed by atoms with E-state index in [-0.39, 0.29) is 5.41 Å². The highest BCUT2D eigenvalue weighted by Crippen LogP contribution is 2.45. The van der Waals surface area contributed by atoms with E-state index in [2.05, 4.69) is 77.9 Å². The quantitative estimate of drug-likeness (QED) is 0.665. The molecule has 1 atom stereocenters. The number of halogens is 1. The van der Waals surface area contributed by atoms with Crippen molar-refractivity contribution in [1.29, 1.82) is 0 Å². The molecule has 2 nitrogen and oxygen atoms in total. The number of fused-ring (bicyclic) bond motifs is 1. The van der Waals surface area contributed by atoms with Gasteiger partial charge < -0.3 is 4.90 Å². The van der Waals surface area contributed by atoms with Gasteiger partial charge in [0.05, 0.1) is 5.69 Å². The molecule has 0 N–H and O–H groups in total. The van der Waals surface area contributed by atoms with Crippen LogP contribution in [0, 0.1) is 0 Å². The summed E-state index contributed by atoms with van der Waals surface area (Å²) in [5.74, 6) is 0. The van der Waals surface area contributed by atoms with Crippen LogP contribution in [0.3, 0.4) is 0 Å². The second kappa shape index (κ2) is 5.54. The Hall–Kier alpha value is -1.61. The van der Waals surface area contributed by atoms with Crippen LogP contribution in [0.4, 0.5) is 11.4 Å². The Morgan fingerprint density at radius 2 is 1.91 bits per heavy atom. The molecule has 0 bridgehead atoms. The van der Waals surface area contributed by atoms with E-state index in [1.165, 1.54) is 11.3 Å². The van der Waals surface area contributed by atoms with Crippen molar-refractivity contribution in [3.63, 3.8) is 0 Å². The van der Waals surface area contributed by atoms with E-state index in [0.29, 0.717) is 6.04 Å². The van der Waals surface area contributed by atoms with Crippen molar-refractivity contribution in [2.24, 2.45) is 4.99 Å². The zero-order valence-corrected chi connectivity index (χ0v) is 15.1. The Balaban J connectivity index is 1.95. The first-order valence-corrected chi connectivity index (χ1v) is 8.36. The highest BCUT2D eigenvalue weighted by atomic mass is 79.9. The number of hydrogen-bond acceptors (Lipinski definition) is 2. The minimum absolute atomic E-state index is 0.175. The number of likely N-dealkylation sites (N-methyl/N-ethyl adjacent to an activating group) is 1. The predicted molar refractivity (Wildman–Crippen MR) is 98.7 cm³/mol. The molecular formula is C19H21BrN2. The van der Waals surface area contributed by atoms with Crippen LogP contribution < -0.4 is 4.90 Å². The molecule has 114 valence electrons. The van der Waals surface area contributed by atoms with Crippen LogP contribution in [-0.2, 0) is 5.41 Å². The molecule has 1 aliphatic rings. The van der Waals surface area contributed by atoms with Crippen LogP contribution in [0.1, 0.15) is 31.9 Å². The van der Waals surface area contributed by atoms with Crippen molar-refractivity contribution >= 4 is 33.5 Å². The molecule has 22 heavy (non-hydrogen) atoms. The standard InChI is InChI=1S/C19H21BrN2/c1-13-19(2,3)16-10-9-15(11-18(16)22(13)4)21-12-14-7-5-6-8-17(14)20/h5-13H,1-4H3. The Labute approximate surface area is 141 Å². The number of rotatable bonds is 2. The summed E-state index contributed by atoms with van der Waals surface area (Å²) in [6.07, 6.45) is 1.91. The molecule has 3 heteroatoms. The van der Waals surface area contributed by atoms with Crippen LogP contribution >= 0.6 is 15.9 Å². The smallest absolute Gasteiger partial charge is 0.0650 e. The zero-order valence-electron chi connectivity index (χ0n) is 13.5. The highest BCUT2D eigenvalue weighted by Gasteiger charge is 2.39. The van der Waals surface area contributed by atoms with Crippen molar-refractivity contribution in [2.45, 2.75) is 32.2 Å². The fraction of sp³-hybridized carbons (Fsp3) is 0.316. The van der Waals surface area contributed by atoms with Crippen LogP contribution in [0.25, 0.3) is 0 Å². The first-order valence-electron chi connectivity index (χ1n) is 7.57. The first-order chi connectivity index (χ1) is 10.4. The third-order valence-electron chi connectivity index (χ3n) is 4.94. The monoisotopic (exact) mass is 356 g/mol. The summed E-state index contributed by atoms with van der Waals surface area (Å²) in [5, 5.41) is 0. The molecular weight excluding hydrogens is 336 g/mol. The van der Waals surface area contributed by atoms with Crippen LogP contribution in [0.5, 0.6) is 0 Å². The van der Waals surface area contributed by atoms with E-state index in [0.717, 1.165) is 15.7 Å². The fourth-order valence-electron chi connectivity index (χ4n) is 3.08. The Morgan fingerprint density at radius 3 is 2.64 bits per heavy atom. The summed E-state index contributed by atoms with van der Waals surface area (Å²) in [4.78, 5) is 6.99. The van der Waals surface area contributed by atoms with Gasteiger partial charge in [0.1, 0.15) is 0 Å². The van der Waals surface area contributed by atoms with Gasteiger partial charge in [-0.3, -0.25) is 4.99 Å². The van der Waals surface area contributed by atoms with E-state index in [4.69, 9.17) is 0 Å². The van der Waals surface area contributed by atoms with Crippen molar-refractivity contribution in [3.8, 4) is 0 Å². The zero-order chi connectivity index (χ0) is 15.9. The first kappa shape index (κ1) is 15.3. The minimum atomic E-state index is 0.175. The molecule has 2 aromatic rings. The number of anilines is 1. The summed E-state index contributed by atoms with van der Waals surface area (Å²) in [7, 11) is 2.17. The maximum absolute atomic E-state index is 4.64. The summed E-state index contributed by atoms with van der Waals surface area (Å²) >= 11 is 3.55. The average molecular weight is 357 g/mol. The van der Waals surface area contributed by atoms with Crippen molar-refractivity contribution < 1.29 is 0 Å². The minimum Gasteiger partial charge on any atom is -0.371 e. The van der Waals surface area contributed by atoms with E-state index in [1.807, 2.05) is 24.4 Å². The lowest BCUT2D eigenvalue weighted by Gasteiger charge is -2.28. The maximum atomic E-state index is 4.64. The van der Waals surface area contributed by atoms with E-state index < -0.39 is 0 Å². The Bertz CT molecular complexity index is 734. The third kappa shape index (κ3) is 2.48. The summed E-state index contributed by atoms with van der Waals surface area (Å²) in [6.45, 7) is 6.90. The molecule has 0 amide bonds. The Kier molecular flexibility index (Phi) is 3.85. The number of benzene rings is 2. The number of aliphatic imine (C=N–C) groups is 1. The largest absolute Gasteiger partial charge is 0.371 e. The second-order valence-electron chi connectivity index (χ2n) is 6.49. The molecule has 2 aromatic carbocycles. The molecule has 0 saturated heterocycles. The van der Waals surface area contributed by atoms with Gasteiger partial charge in [0, 0.05) is 40.4 Å². The second-order valence-corrected chi connectivity index (χ2v) is 7.34. The van der Waals surface area contributed by atoms with Gasteiger partial charge in [-0.2, -0.15) is 0 Å². The van der Waals surface area contributed by atoms with Gasteiger partial charge in [0.15, 0.2) is 0 Å². The van der Waals surface area contributed by atoms with Crippen molar-refractivity contribution in [3.05, 3.63) is 58.1 Å². The summed E-state index contributed by atoms with van der Waals surface area (Å²) in [6, 6.07) is 15.1. The van der Waals surface area contributed by atoms with E-state index >= 15 is 0 Å². The lowest BCUT2D eigenvalue weighted by atomic mass is 9.81. The lowest BCUT2D eigenvalue weighted by molar-refractivity contribution is 0.454. The molecule has 1 unspecified atom stereocenters. The van der Waals surface area contributed by atoms with Gasteiger partial charge in [-0.1, -0.05) is 54.0 Å². The molecule has 0 saturated carbocycles. The van der Waals surface area contributed by atoms with Crippen LogP contribution in [0.15, 0.2) is 51.9 Å². The SMILES string of the molecule is CC1N(C)c2cc(N=Cc3ccccc3Br)ccc2C1(C)C.